The second kappa shape index (κ2) is 3.07. The molecule has 0 aromatic carbocycles. The third kappa shape index (κ3) is 1.97. The van der Waals surface area contributed by atoms with Crippen molar-refractivity contribution in [3.63, 3.8) is 0 Å². The molecule has 1 rings (SSSR count). The average molecular weight is 150 g/mol. The quantitative estimate of drug-likeness (QED) is 0.555. The van der Waals surface area contributed by atoms with E-state index in [0.29, 0.717) is 5.13 Å². The Morgan fingerprint density at radius 3 is 2.57 bits per heavy atom. The van der Waals surface area contributed by atoms with E-state index in [2.05, 4.69) is 4.98 Å². The van der Waals surface area contributed by atoms with Gasteiger partial charge in [0.15, 0.2) is 0 Å². The van der Waals surface area contributed by atoms with Crippen LogP contribution in [-0.2, 0) is 18.6 Å². The molecule has 0 fully saturated rings. The summed E-state index contributed by atoms with van der Waals surface area (Å²) in [7, 11) is 0. The van der Waals surface area contributed by atoms with Gasteiger partial charge in [-0.05, 0) is 10.5 Å². The number of rotatable bonds is 0. The van der Waals surface area contributed by atoms with Crippen LogP contribution in [0.1, 0.15) is 0 Å². The molecular formula is C3H3N2SV-. The molecule has 4 heteroatoms. The molecule has 0 aliphatic heterocycles. The minimum absolute atomic E-state index is 0. The second-order valence-corrected chi connectivity index (χ2v) is 1.73. The first-order valence-corrected chi connectivity index (χ1v) is 2.38. The van der Waals surface area contributed by atoms with Crippen molar-refractivity contribution in [2.75, 3.05) is 0 Å². The summed E-state index contributed by atoms with van der Waals surface area (Å²) in [5, 5.41) is 2.16. The van der Waals surface area contributed by atoms with Crippen molar-refractivity contribution < 1.29 is 18.6 Å². The first-order valence-electron chi connectivity index (χ1n) is 1.50. The SMILES string of the molecule is [NH-]c1nccs1.[V]. The monoisotopic (exact) mass is 150 g/mol. The Bertz CT molecular complexity index is 116. The summed E-state index contributed by atoms with van der Waals surface area (Å²) in [6.07, 6.45) is 1.62. The van der Waals surface area contributed by atoms with E-state index in [-0.39, 0.29) is 18.6 Å². The van der Waals surface area contributed by atoms with Crippen molar-refractivity contribution in [3.05, 3.63) is 17.3 Å². The Morgan fingerprint density at radius 2 is 2.43 bits per heavy atom. The zero-order chi connectivity index (χ0) is 4.41. The molecule has 1 aromatic rings. The van der Waals surface area contributed by atoms with Gasteiger partial charge in [0.1, 0.15) is 0 Å². The van der Waals surface area contributed by atoms with Crippen molar-refractivity contribution in [2.24, 2.45) is 0 Å². The van der Waals surface area contributed by atoms with Crippen LogP contribution in [0, 0.1) is 0 Å². The van der Waals surface area contributed by atoms with E-state index in [0.717, 1.165) is 0 Å². The van der Waals surface area contributed by atoms with Crippen LogP contribution in [0.15, 0.2) is 11.6 Å². The van der Waals surface area contributed by atoms with E-state index in [1.807, 2.05) is 0 Å². The molecule has 0 saturated heterocycles. The van der Waals surface area contributed by atoms with E-state index in [4.69, 9.17) is 5.73 Å². The smallest absolute Gasteiger partial charge is 0 e. The Kier molecular flexibility index (Phi) is 3.08. The van der Waals surface area contributed by atoms with Crippen LogP contribution in [-0.4, -0.2) is 4.98 Å². The zero-order valence-electron chi connectivity index (χ0n) is 3.46. The van der Waals surface area contributed by atoms with Gasteiger partial charge in [-0.1, -0.05) is 6.20 Å². The summed E-state index contributed by atoms with van der Waals surface area (Å²) >= 11 is 1.33. The van der Waals surface area contributed by atoms with Gasteiger partial charge in [-0.2, -0.15) is 11.3 Å². The van der Waals surface area contributed by atoms with E-state index in [1.165, 1.54) is 11.3 Å². The fraction of sp³-hybridized carbons (Fsp3) is 0. The Hall–Kier alpha value is 0.0144. The standard InChI is InChI=1S/C3H3N2S.V/c4-3-5-1-2-6-3;/h1-2H,(H-,4,5);/q-1;. The van der Waals surface area contributed by atoms with Crippen LogP contribution in [0.4, 0.5) is 5.13 Å². The Morgan fingerprint density at radius 1 is 1.71 bits per heavy atom. The Balaban J connectivity index is 0.000000360. The Labute approximate surface area is 57.6 Å². The van der Waals surface area contributed by atoms with Gasteiger partial charge >= 0.3 is 0 Å². The van der Waals surface area contributed by atoms with Crippen LogP contribution in [0.2, 0.25) is 0 Å². The maximum absolute atomic E-state index is 6.78. The molecule has 0 aliphatic carbocycles. The van der Waals surface area contributed by atoms with Crippen LogP contribution >= 0.6 is 11.3 Å². The molecule has 1 aromatic heterocycles. The topological polar surface area (TPSA) is 36.7 Å². The van der Waals surface area contributed by atoms with Gasteiger partial charge in [0, 0.05) is 18.6 Å². The van der Waals surface area contributed by atoms with Crippen molar-refractivity contribution in [3.8, 4) is 0 Å². The van der Waals surface area contributed by atoms with Gasteiger partial charge in [0.05, 0.1) is 0 Å². The van der Waals surface area contributed by atoms with Crippen molar-refractivity contribution in [2.45, 2.75) is 0 Å². The molecular weight excluding hydrogens is 147 g/mol. The molecule has 37 valence electrons. The maximum Gasteiger partial charge on any atom is 0 e. The molecule has 0 spiro atoms. The number of hydrogen-bond donors (Lipinski definition) is 0. The van der Waals surface area contributed by atoms with Gasteiger partial charge in [-0.25, -0.2) is 0 Å². The summed E-state index contributed by atoms with van der Waals surface area (Å²) < 4.78 is 0. The first-order chi connectivity index (χ1) is 2.89. The second-order valence-electron chi connectivity index (χ2n) is 0.837. The van der Waals surface area contributed by atoms with E-state index < -0.39 is 0 Å². The van der Waals surface area contributed by atoms with Crippen LogP contribution in [0.25, 0.3) is 5.73 Å². The van der Waals surface area contributed by atoms with Gasteiger partial charge in [-0.15, -0.1) is 0 Å². The van der Waals surface area contributed by atoms with Gasteiger partial charge in [0.2, 0.25) is 0 Å². The number of hydrogen-bond acceptors (Lipinski definition) is 2. The summed E-state index contributed by atoms with van der Waals surface area (Å²) in [5.41, 5.74) is 6.78. The predicted molar refractivity (Wildman–Crippen MR) is 26.1 cm³/mol. The molecule has 1 radical (unpaired) electrons. The van der Waals surface area contributed by atoms with E-state index in [1.54, 1.807) is 11.6 Å². The molecule has 1 N–H and O–H groups in total. The van der Waals surface area contributed by atoms with Crippen LogP contribution in [0.5, 0.6) is 0 Å². The number of nitrogens with one attached hydrogen (secondary N) is 1. The zero-order valence-corrected chi connectivity index (χ0v) is 5.67. The first kappa shape index (κ1) is 7.01. The van der Waals surface area contributed by atoms with E-state index >= 15 is 0 Å². The van der Waals surface area contributed by atoms with Gasteiger partial charge in [-0.3, -0.25) is 0 Å². The maximum atomic E-state index is 6.78. The molecule has 2 nitrogen and oxygen atoms in total. The van der Waals surface area contributed by atoms with Crippen molar-refractivity contribution in [1.29, 1.82) is 0 Å². The summed E-state index contributed by atoms with van der Waals surface area (Å²) in [6.45, 7) is 0. The normalized spacial score (nSPS) is 7.43. The largest absolute Gasteiger partial charge is 0.473 e. The predicted octanol–water partition coefficient (Wildman–Crippen LogP) is 1.82. The van der Waals surface area contributed by atoms with Crippen molar-refractivity contribution >= 4 is 16.5 Å². The summed E-state index contributed by atoms with van der Waals surface area (Å²) in [4.78, 5) is 3.60. The van der Waals surface area contributed by atoms with Crippen molar-refractivity contribution in [1.82, 2.24) is 4.98 Å². The molecule has 7 heavy (non-hydrogen) atoms. The minimum atomic E-state index is 0. The molecule has 0 bridgehead atoms. The third-order valence-electron chi connectivity index (χ3n) is 0.432. The van der Waals surface area contributed by atoms with Gasteiger partial charge in [0.25, 0.3) is 0 Å². The van der Waals surface area contributed by atoms with Crippen LogP contribution in [0.3, 0.4) is 0 Å². The number of aromatic nitrogens is 1. The fourth-order valence-corrected chi connectivity index (χ4v) is 0.596. The summed E-state index contributed by atoms with van der Waals surface area (Å²) in [5.74, 6) is 0. The summed E-state index contributed by atoms with van der Waals surface area (Å²) in [6, 6.07) is 0. The van der Waals surface area contributed by atoms with Crippen LogP contribution < -0.4 is 0 Å². The number of thiazole rings is 1. The molecule has 0 aliphatic rings. The molecule has 0 unspecified atom stereocenters. The fourth-order valence-electron chi connectivity index (χ4n) is 0.223. The molecule has 1 heterocycles. The average Bonchev–Trinajstić information content (AvgIpc) is 1.86. The van der Waals surface area contributed by atoms with Gasteiger partial charge < -0.3 is 10.7 Å². The molecule has 0 saturated carbocycles. The minimum Gasteiger partial charge on any atom is -0.473 e. The number of nitrogens with zero attached hydrogens (tertiary/aromatic N) is 1. The molecule has 0 amide bonds. The third-order valence-corrected chi connectivity index (χ3v) is 1.02. The van der Waals surface area contributed by atoms with E-state index in [9.17, 15) is 0 Å². The molecule has 0 atom stereocenters.